The lowest BCUT2D eigenvalue weighted by atomic mass is 10.1. The molecule has 0 radical (unpaired) electrons. The highest BCUT2D eigenvalue weighted by atomic mass is 79.9. The fraction of sp³-hybridized carbons (Fsp3) is 0.200. The molecule has 110 valence electrons. The van der Waals surface area contributed by atoms with Crippen molar-refractivity contribution in [1.29, 1.82) is 0 Å². The van der Waals surface area contributed by atoms with Crippen LogP contribution in [0.2, 0.25) is 0 Å². The van der Waals surface area contributed by atoms with E-state index < -0.39 is 0 Å². The second-order valence-electron chi connectivity index (χ2n) is 4.63. The van der Waals surface area contributed by atoms with Crippen LogP contribution in [-0.2, 0) is 0 Å². The third kappa shape index (κ3) is 3.52. The normalized spacial score (nSPS) is 11.8. The van der Waals surface area contributed by atoms with E-state index >= 15 is 0 Å². The summed E-state index contributed by atoms with van der Waals surface area (Å²) in [5.74, 6) is 0. The zero-order valence-electron chi connectivity index (χ0n) is 11.8. The van der Waals surface area contributed by atoms with Crippen molar-refractivity contribution >= 4 is 33.0 Å². The molecule has 0 amide bonds. The molecular weight excluding hydrogens is 334 g/mol. The molecule has 2 N–H and O–H groups in total. The summed E-state index contributed by atoms with van der Waals surface area (Å²) >= 11 is 3.39. The molecule has 0 aromatic heterocycles. The van der Waals surface area contributed by atoms with Crippen molar-refractivity contribution in [2.24, 2.45) is 0 Å². The van der Waals surface area contributed by atoms with Crippen LogP contribution in [0.5, 0.6) is 0 Å². The summed E-state index contributed by atoms with van der Waals surface area (Å²) in [7, 11) is 1.67. The van der Waals surface area contributed by atoms with Gasteiger partial charge >= 0.3 is 5.69 Å². The number of halogens is 1. The van der Waals surface area contributed by atoms with E-state index in [0.717, 1.165) is 10.0 Å². The molecule has 0 fully saturated rings. The van der Waals surface area contributed by atoms with E-state index in [1.165, 1.54) is 0 Å². The second kappa shape index (κ2) is 6.58. The summed E-state index contributed by atoms with van der Waals surface area (Å²) in [6.45, 7) is 1.97. The van der Waals surface area contributed by atoms with Gasteiger partial charge in [-0.1, -0.05) is 34.1 Å². The highest BCUT2D eigenvalue weighted by molar-refractivity contribution is 9.10. The summed E-state index contributed by atoms with van der Waals surface area (Å²) in [5, 5.41) is 17.3. The molecule has 2 rings (SSSR count). The molecule has 1 unspecified atom stereocenters. The third-order valence-electron chi connectivity index (χ3n) is 3.23. The van der Waals surface area contributed by atoms with E-state index in [9.17, 15) is 10.1 Å². The number of rotatable bonds is 5. The van der Waals surface area contributed by atoms with Gasteiger partial charge in [-0.2, -0.15) is 0 Å². The molecule has 0 bridgehead atoms. The molecular formula is C15H16BrN3O2. The highest BCUT2D eigenvalue weighted by Crippen LogP contribution is 2.34. The Hall–Kier alpha value is -2.08. The van der Waals surface area contributed by atoms with Crippen LogP contribution in [0.3, 0.4) is 0 Å². The molecule has 21 heavy (non-hydrogen) atoms. The van der Waals surface area contributed by atoms with Gasteiger partial charge in [0.1, 0.15) is 11.4 Å². The topological polar surface area (TPSA) is 67.2 Å². The molecule has 2 aromatic carbocycles. The van der Waals surface area contributed by atoms with E-state index in [-0.39, 0.29) is 16.7 Å². The number of nitrogens with one attached hydrogen (secondary N) is 2. The van der Waals surface area contributed by atoms with Gasteiger partial charge in [0.25, 0.3) is 0 Å². The van der Waals surface area contributed by atoms with Crippen LogP contribution in [-0.4, -0.2) is 12.0 Å². The van der Waals surface area contributed by atoms with Gasteiger partial charge < -0.3 is 10.6 Å². The SMILES string of the molecule is CNc1cccc(NC(C)c2ccc(Br)cc2)c1[N+](=O)[O-]. The zero-order valence-corrected chi connectivity index (χ0v) is 13.3. The Bertz CT molecular complexity index is 644. The van der Waals surface area contributed by atoms with Gasteiger partial charge in [0.05, 0.1) is 4.92 Å². The molecule has 0 aliphatic carbocycles. The van der Waals surface area contributed by atoms with Crippen LogP contribution in [0.15, 0.2) is 46.9 Å². The number of anilines is 2. The number of hydrogen-bond donors (Lipinski definition) is 2. The van der Waals surface area contributed by atoms with E-state index in [1.54, 1.807) is 25.2 Å². The maximum atomic E-state index is 11.3. The summed E-state index contributed by atoms with van der Waals surface area (Å²) < 4.78 is 1.00. The number of hydrogen-bond acceptors (Lipinski definition) is 4. The Morgan fingerprint density at radius 3 is 2.33 bits per heavy atom. The van der Waals surface area contributed by atoms with E-state index in [1.807, 2.05) is 31.2 Å². The Morgan fingerprint density at radius 1 is 1.14 bits per heavy atom. The molecule has 5 nitrogen and oxygen atoms in total. The number of benzene rings is 2. The fourth-order valence-electron chi connectivity index (χ4n) is 2.13. The largest absolute Gasteiger partial charge is 0.382 e. The number of para-hydroxylation sites is 1. The first kappa shape index (κ1) is 15.3. The van der Waals surface area contributed by atoms with Crippen LogP contribution in [0.25, 0.3) is 0 Å². The lowest BCUT2D eigenvalue weighted by Gasteiger charge is -2.17. The Labute approximate surface area is 131 Å². The molecule has 2 aromatic rings. The number of nitro groups is 1. The number of nitrogens with zero attached hydrogens (tertiary/aromatic N) is 1. The van der Waals surface area contributed by atoms with Crippen molar-refractivity contribution in [3.63, 3.8) is 0 Å². The number of nitro benzene ring substituents is 1. The van der Waals surface area contributed by atoms with Crippen LogP contribution in [0, 0.1) is 10.1 Å². The van der Waals surface area contributed by atoms with Crippen molar-refractivity contribution in [1.82, 2.24) is 0 Å². The lowest BCUT2D eigenvalue weighted by molar-refractivity contribution is -0.383. The molecule has 0 saturated carbocycles. The minimum atomic E-state index is -0.373. The average Bonchev–Trinajstić information content (AvgIpc) is 2.47. The van der Waals surface area contributed by atoms with E-state index in [2.05, 4.69) is 26.6 Å². The maximum Gasteiger partial charge on any atom is 0.315 e. The molecule has 0 aliphatic rings. The van der Waals surface area contributed by atoms with Gasteiger partial charge in [-0.25, -0.2) is 0 Å². The van der Waals surface area contributed by atoms with Gasteiger partial charge in [-0.15, -0.1) is 0 Å². The summed E-state index contributed by atoms with van der Waals surface area (Å²) in [6.07, 6.45) is 0. The van der Waals surface area contributed by atoms with Crippen molar-refractivity contribution in [2.45, 2.75) is 13.0 Å². The molecule has 0 aliphatic heterocycles. The van der Waals surface area contributed by atoms with E-state index in [0.29, 0.717) is 11.4 Å². The molecule has 0 saturated heterocycles. The zero-order chi connectivity index (χ0) is 15.4. The highest BCUT2D eigenvalue weighted by Gasteiger charge is 2.20. The Balaban J connectivity index is 2.30. The van der Waals surface area contributed by atoms with Crippen molar-refractivity contribution in [3.8, 4) is 0 Å². The van der Waals surface area contributed by atoms with Gasteiger partial charge in [-0.3, -0.25) is 10.1 Å². The van der Waals surface area contributed by atoms with Gasteiger partial charge in [0.2, 0.25) is 0 Å². The smallest absolute Gasteiger partial charge is 0.315 e. The first-order valence-corrected chi connectivity index (χ1v) is 7.29. The van der Waals surface area contributed by atoms with E-state index in [4.69, 9.17) is 0 Å². The van der Waals surface area contributed by atoms with Crippen LogP contribution >= 0.6 is 15.9 Å². The molecule has 0 heterocycles. The predicted molar refractivity (Wildman–Crippen MR) is 88.8 cm³/mol. The Kier molecular flexibility index (Phi) is 4.80. The monoisotopic (exact) mass is 349 g/mol. The molecule has 1 atom stereocenters. The lowest BCUT2D eigenvalue weighted by Crippen LogP contribution is -2.09. The molecule has 6 heteroatoms. The van der Waals surface area contributed by atoms with Crippen LogP contribution in [0.1, 0.15) is 18.5 Å². The quantitative estimate of drug-likeness (QED) is 0.612. The van der Waals surface area contributed by atoms with Crippen LogP contribution in [0.4, 0.5) is 17.1 Å². The van der Waals surface area contributed by atoms with Crippen molar-refractivity contribution in [2.75, 3.05) is 17.7 Å². The summed E-state index contributed by atoms with van der Waals surface area (Å²) in [4.78, 5) is 10.9. The first-order valence-electron chi connectivity index (χ1n) is 6.50. The summed E-state index contributed by atoms with van der Waals surface area (Å²) in [6, 6.07) is 13.0. The first-order chi connectivity index (χ1) is 10.0. The predicted octanol–water partition coefficient (Wildman–Crippen LogP) is 4.57. The van der Waals surface area contributed by atoms with Gasteiger partial charge in [0, 0.05) is 17.6 Å². The molecule has 0 spiro atoms. The summed E-state index contributed by atoms with van der Waals surface area (Å²) in [5.41, 5.74) is 2.11. The Morgan fingerprint density at radius 2 is 1.76 bits per heavy atom. The van der Waals surface area contributed by atoms with Crippen molar-refractivity contribution < 1.29 is 4.92 Å². The standard InChI is InChI=1S/C15H16BrN3O2/c1-10(11-6-8-12(16)9-7-11)18-14-5-3-4-13(17-2)15(14)19(20)21/h3-10,17-18H,1-2H3. The minimum Gasteiger partial charge on any atom is -0.382 e. The third-order valence-corrected chi connectivity index (χ3v) is 3.76. The van der Waals surface area contributed by atoms with Crippen molar-refractivity contribution in [3.05, 3.63) is 62.6 Å². The maximum absolute atomic E-state index is 11.3. The minimum absolute atomic E-state index is 0.0380. The fourth-order valence-corrected chi connectivity index (χ4v) is 2.39. The van der Waals surface area contributed by atoms with Crippen LogP contribution < -0.4 is 10.6 Å². The second-order valence-corrected chi connectivity index (χ2v) is 5.54. The average molecular weight is 350 g/mol. The van der Waals surface area contributed by atoms with Gasteiger partial charge in [0.15, 0.2) is 0 Å². The van der Waals surface area contributed by atoms with Gasteiger partial charge in [-0.05, 0) is 36.8 Å².